The third-order valence-electron chi connectivity index (χ3n) is 2.77. The Labute approximate surface area is 106 Å². The number of nitrogens with one attached hydrogen (secondary N) is 2. The highest BCUT2D eigenvalue weighted by Gasteiger charge is 2.14. The largest absolute Gasteiger partial charge is 0.310 e. The summed E-state index contributed by atoms with van der Waals surface area (Å²) in [6.07, 6.45) is 1.93. The molecule has 6 heteroatoms. The fourth-order valence-corrected chi connectivity index (χ4v) is 2.39. The van der Waals surface area contributed by atoms with E-state index in [9.17, 15) is 4.79 Å². The van der Waals surface area contributed by atoms with Crippen molar-refractivity contribution in [3.8, 4) is 0 Å². The molecule has 2 aromatic heterocycles. The van der Waals surface area contributed by atoms with E-state index in [1.165, 1.54) is 0 Å². The van der Waals surface area contributed by atoms with Crippen LogP contribution < -0.4 is 5.56 Å². The van der Waals surface area contributed by atoms with Crippen LogP contribution in [-0.4, -0.2) is 20.2 Å². The van der Waals surface area contributed by atoms with Crippen molar-refractivity contribution in [3.05, 3.63) is 19.9 Å². The fraction of sp³-hybridized carbons (Fsp3) is 0.500. The van der Waals surface area contributed by atoms with Crippen molar-refractivity contribution in [1.29, 1.82) is 0 Å². The molecule has 0 fully saturated rings. The predicted octanol–water partition coefficient (Wildman–Crippen LogP) is 2.15. The zero-order valence-corrected chi connectivity index (χ0v) is 11.3. The SMILES string of the molecule is CCC(CC)c1nc2n[nH]c(I)c2c(=O)[nH]1. The minimum absolute atomic E-state index is 0.106. The van der Waals surface area contributed by atoms with E-state index in [1.54, 1.807) is 0 Å². The molecule has 0 aromatic carbocycles. The number of hydrogen-bond donors (Lipinski definition) is 2. The zero-order chi connectivity index (χ0) is 11.7. The molecule has 0 radical (unpaired) electrons. The average Bonchev–Trinajstić information content (AvgIpc) is 2.62. The third-order valence-corrected chi connectivity index (χ3v) is 3.55. The molecule has 0 aliphatic carbocycles. The predicted molar refractivity (Wildman–Crippen MR) is 70.5 cm³/mol. The Morgan fingerprint density at radius 2 is 2.06 bits per heavy atom. The quantitative estimate of drug-likeness (QED) is 0.846. The standard InChI is InChI=1S/C10H13IN4O/c1-3-5(4-2)8-12-9-6(10(16)13-8)7(11)14-15-9/h5H,3-4H2,1-2H3,(H2,12,13,14,15,16). The summed E-state index contributed by atoms with van der Waals surface area (Å²) in [6, 6.07) is 0. The first-order valence-corrected chi connectivity index (χ1v) is 6.39. The van der Waals surface area contributed by atoms with E-state index in [0.29, 0.717) is 17.0 Å². The van der Waals surface area contributed by atoms with Crippen molar-refractivity contribution in [2.45, 2.75) is 32.6 Å². The highest BCUT2D eigenvalue weighted by Crippen LogP contribution is 2.20. The van der Waals surface area contributed by atoms with Crippen LogP contribution in [0.1, 0.15) is 38.4 Å². The van der Waals surface area contributed by atoms with Crippen molar-refractivity contribution in [2.24, 2.45) is 0 Å². The highest BCUT2D eigenvalue weighted by atomic mass is 127. The van der Waals surface area contributed by atoms with Gasteiger partial charge in [-0.2, -0.15) is 5.10 Å². The van der Waals surface area contributed by atoms with Crippen molar-refractivity contribution >= 4 is 33.6 Å². The first kappa shape index (κ1) is 11.6. The van der Waals surface area contributed by atoms with E-state index in [4.69, 9.17) is 0 Å². The molecular weight excluding hydrogens is 319 g/mol. The topological polar surface area (TPSA) is 74.4 Å². The van der Waals surface area contributed by atoms with Crippen molar-refractivity contribution in [2.75, 3.05) is 0 Å². The lowest BCUT2D eigenvalue weighted by atomic mass is 10.0. The van der Waals surface area contributed by atoms with E-state index < -0.39 is 0 Å². The summed E-state index contributed by atoms with van der Waals surface area (Å²) in [5.41, 5.74) is 0.403. The molecule has 2 N–H and O–H groups in total. The summed E-state index contributed by atoms with van der Waals surface area (Å²) in [5, 5.41) is 7.35. The normalized spacial score (nSPS) is 11.5. The number of aromatic amines is 2. The van der Waals surface area contributed by atoms with Gasteiger partial charge in [0.2, 0.25) is 0 Å². The van der Waals surface area contributed by atoms with Gasteiger partial charge in [0.15, 0.2) is 5.65 Å². The van der Waals surface area contributed by atoms with Gasteiger partial charge < -0.3 is 4.98 Å². The molecule has 0 atom stereocenters. The Morgan fingerprint density at radius 3 is 2.69 bits per heavy atom. The van der Waals surface area contributed by atoms with Gasteiger partial charge in [0, 0.05) is 5.92 Å². The molecule has 0 aliphatic heterocycles. The monoisotopic (exact) mass is 332 g/mol. The molecule has 0 saturated heterocycles. The van der Waals surface area contributed by atoms with Gasteiger partial charge in [-0.05, 0) is 35.4 Å². The van der Waals surface area contributed by atoms with Gasteiger partial charge in [-0.25, -0.2) is 4.98 Å². The smallest absolute Gasteiger partial charge is 0.263 e. The van der Waals surface area contributed by atoms with Crippen LogP contribution in [0.15, 0.2) is 4.79 Å². The maximum Gasteiger partial charge on any atom is 0.263 e. The molecule has 0 bridgehead atoms. The molecule has 16 heavy (non-hydrogen) atoms. The second kappa shape index (κ2) is 4.52. The zero-order valence-electron chi connectivity index (χ0n) is 9.17. The molecule has 5 nitrogen and oxygen atoms in total. The average molecular weight is 332 g/mol. The highest BCUT2D eigenvalue weighted by molar-refractivity contribution is 14.1. The van der Waals surface area contributed by atoms with Crippen molar-refractivity contribution in [3.63, 3.8) is 0 Å². The molecule has 0 amide bonds. The second-order valence-electron chi connectivity index (χ2n) is 3.70. The van der Waals surface area contributed by atoms with Crippen LogP contribution in [0.2, 0.25) is 0 Å². The van der Waals surface area contributed by atoms with Crippen LogP contribution in [0.25, 0.3) is 11.0 Å². The summed E-state index contributed by atoms with van der Waals surface area (Å²) in [6.45, 7) is 4.18. The van der Waals surface area contributed by atoms with Crippen LogP contribution >= 0.6 is 22.6 Å². The Bertz CT molecular complexity index is 555. The summed E-state index contributed by atoms with van der Waals surface area (Å²) in [7, 11) is 0. The van der Waals surface area contributed by atoms with Crippen LogP contribution in [0.3, 0.4) is 0 Å². The number of fused-ring (bicyclic) bond motifs is 1. The van der Waals surface area contributed by atoms with Crippen LogP contribution in [-0.2, 0) is 0 Å². The Morgan fingerprint density at radius 1 is 1.38 bits per heavy atom. The van der Waals surface area contributed by atoms with Gasteiger partial charge in [0.1, 0.15) is 14.9 Å². The van der Waals surface area contributed by atoms with Gasteiger partial charge in [-0.15, -0.1) is 0 Å². The first-order chi connectivity index (χ1) is 7.67. The molecule has 0 aliphatic rings. The van der Waals surface area contributed by atoms with Crippen LogP contribution in [0, 0.1) is 3.70 Å². The van der Waals surface area contributed by atoms with Crippen LogP contribution in [0.5, 0.6) is 0 Å². The van der Waals surface area contributed by atoms with Gasteiger partial charge in [-0.1, -0.05) is 13.8 Å². The number of aromatic nitrogens is 4. The van der Waals surface area contributed by atoms with E-state index in [0.717, 1.165) is 22.4 Å². The molecule has 2 aromatic rings. The molecule has 2 heterocycles. The van der Waals surface area contributed by atoms with E-state index >= 15 is 0 Å². The van der Waals surface area contributed by atoms with Gasteiger partial charge in [0.05, 0.1) is 0 Å². The Balaban J connectivity index is 2.63. The summed E-state index contributed by atoms with van der Waals surface area (Å²) in [5.74, 6) is 1.04. The lowest BCUT2D eigenvalue weighted by molar-refractivity contribution is 0.602. The van der Waals surface area contributed by atoms with Crippen molar-refractivity contribution in [1.82, 2.24) is 20.2 Å². The summed E-state index contributed by atoms with van der Waals surface area (Å²) >= 11 is 2.05. The van der Waals surface area contributed by atoms with Gasteiger partial charge >= 0.3 is 0 Å². The Kier molecular flexibility index (Phi) is 3.27. The lowest BCUT2D eigenvalue weighted by Gasteiger charge is -2.10. The lowest BCUT2D eigenvalue weighted by Crippen LogP contribution is -2.14. The molecule has 86 valence electrons. The van der Waals surface area contributed by atoms with E-state index in [2.05, 4.69) is 34.0 Å². The number of H-pyrrole nitrogens is 2. The fourth-order valence-electron chi connectivity index (χ4n) is 1.78. The molecule has 0 unspecified atom stereocenters. The maximum atomic E-state index is 11.9. The number of halogens is 1. The minimum atomic E-state index is -0.106. The summed E-state index contributed by atoms with van der Waals surface area (Å²) < 4.78 is 0.734. The minimum Gasteiger partial charge on any atom is -0.310 e. The second-order valence-corrected chi connectivity index (χ2v) is 4.78. The first-order valence-electron chi connectivity index (χ1n) is 5.31. The summed E-state index contributed by atoms with van der Waals surface area (Å²) in [4.78, 5) is 19.1. The van der Waals surface area contributed by atoms with Gasteiger partial charge in [-0.3, -0.25) is 9.89 Å². The molecule has 0 spiro atoms. The maximum absolute atomic E-state index is 11.9. The number of rotatable bonds is 3. The van der Waals surface area contributed by atoms with Crippen molar-refractivity contribution < 1.29 is 0 Å². The van der Waals surface area contributed by atoms with Gasteiger partial charge in [0.25, 0.3) is 5.56 Å². The molecular formula is C10H13IN4O. The molecule has 0 saturated carbocycles. The van der Waals surface area contributed by atoms with E-state index in [1.807, 2.05) is 22.6 Å². The molecule has 2 rings (SSSR count). The van der Waals surface area contributed by atoms with E-state index in [-0.39, 0.29) is 5.56 Å². The number of nitrogens with zero attached hydrogens (tertiary/aromatic N) is 2. The number of hydrogen-bond acceptors (Lipinski definition) is 3. The third kappa shape index (κ3) is 1.85. The Hall–Kier alpha value is -0.920. The van der Waals surface area contributed by atoms with Crippen LogP contribution in [0.4, 0.5) is 0 Å².